The summed E-state index contributed by atoms with van der Waals surface area (Å²) in [6, 6.07) is 5.94. The van der Waals surface area contributed by atoms with Gasteiger partial charge in [0.15, 0.2) is 0 Å². The lowest BCUT2D eigenvalue weighted by Gasteiger charge is -2.26. The van der Waals surface area contributed by atoms with Crippen LogP contribution in [0.15, 0.2) is 65.1 Å². The molecule has 0 amide bonds. The number of hydrogen-bond donors (Lipinski definition) is 1. The molecule has 1 atom stereocenters. The normalized spacial score (nSPS) is 16.0. The molecule has 1 unspecified atom stereocenters. The minimum absolute atomic E-state index is 0.0260. The van der Waals surface area contributed by atoms with E-state index >= 15 is 0 Å². The Morgan fingerprint density at radius 3 is 2.22 bits per heavy atom. The zero-order chi connectivity index (χ0) is 22.8. The van der Waals surface area contributed by atoms with Crippen molar-refractivity contribution in [1.82, 2.24) is 14.5 Å². The highest BCUT2D eigenvalue weighted by atomic mass is 32.1. The summed E-state index contributed by atoms with van der Waals surface area (Å²) in [4.78, 5) is 47.0. The number of nitrogens with zero attached hydrogens (tertiary/aromatic N) is 3. The van der Waals surface area contributed by atoms with Crippen LogP contribution in [0.25, 0.3) is 11.6 Å². The Morgan fingerprint density at radius 1 is 1.03 bits per heavy atom. The number of methoxy groups -OCH3 is 2. The highest BCUT2D eigenvalue weighted by Crippen LogP contribution is 2.32. The van der Waals surface area contributed by atoms with Crippen molar-refractivity contribution in [3.8, 4) is 0 Å². The van der Waals surface area contributed by atoms with Crippen LogP contribution in [0.1, 0.15) is 17.2 Å². The molecule has 1 aliphatic heterocycles. The van der Waals surface area contributed by atoms with Crippen molar-refractivity contribution in [2.45, 2.75) is 6.04 Å². The SMILES string of the molecule is COC(=O)C1=C(N)C(C(=O)OC)=c2sc(=Cc3ccncc3)c(=O)n2C1c1ccncc1. The minimum atomic E-state index is -0.905. The molecule has 9 nitrogen and oxygen atoms in total. The molecule has 10 heteroatoms. The first-order chi connectivity index (χ1) is 15.5. The van der Waals surface area contributed by atoms with Gasteiger partial charge in [0.2, 0.25) is 0 Å². The van der Waals surface area contributed by atoms with Gasteiger partial charge in [-0.05, 0) is 41.5 Å². The van der Waals surface area contributed by atoms with E-state index in [2.05, 4.69) is 9.97 Å². The average Bonchev–Trinajstić information content (AvgIpc) is 3.13. The van der Waals surface area contributed by atoms with Crippen LogP contribution in [0.2, 0.25) is 0 Å². The Kier molecular flexibility index (Phi) is 5.69. The smallest absolute Gasteiger partial charge is 0.342 e. The minimum Gasteiger partial charge on any atom is -0.466 e. The summed E-state index contributed by atoms with van der Waals surface area (Å²) >= 11 is 1.09. The van der Waals surface area contributed by atoms with Gasteiger partial charge in [0.05, 0.1) is 36.1 Å². The van der Waals surface area contributed by atoms with Crippen LogP contribution in [0.3, 0.4) is 0 Å². The summed E-state index contributed by atoms with van der Waals surface area (Å²) in [5, 5.41) is 0. The zero-order valence-corrected chi connectivity index (χ0v) is 18.0. The number of rotatable bonds is 4. The van der Waals surface area contributed by atoms with Gasteiger partial charge in [-0.3, -0.25) is 19.3 Å². The summed E-state index contributed by atoms with van der Waals surface area (Å²) < 4.78 is 11.9. The molecule has 2 N–H and O–H groups in total. The van der Waals surface area contributed by atoms with E-state index in [0.29, 0.717) is 10.1 Å². The molecule has 3 aromatic rings. The second-order valence-electron chi connectivity index (χ2n) is 6.74. The molecule has 4 rings (SSSR count). The number of aromatic nitrogens is 3. The molecule has 0 saturated heterocycles. The van der Waals surface area contributed by atoms with Gasteiger partial charge in [0.25, 0.3) is 5.56 Å². The molecular weight excluding hydrogens is 432 g/mol. The standard InChI is InChI=1S/C22H18N4O5S/c1-30-21(28)15-17(23)16(22(29)31-2)20-26(18(15)13-5-9-25-10-6-13)19(27)14(32-20)11-12-3-7-24-8-4-12/h3-11,18H,23H2,1-2H3. The molecular formula is C22H18N4O5S. The van der Waals surface area contributed by atoms with E-state index in [1.807, 2.05) is 0 Å². The van der Waals surface area contributed by atoms with E-state index in [-0.39, 0.29) is 27.1 Å². The third kappa shape index (κ3) is 3.50. The third-order valence-electron chi connectivity index (χ3n) is 4.98. The topological polar surface area (TPSA) is 126 Å². The predicted octanol–water partition coefficient (Wildman–Crippen LogP) is -0.159. The molecule has 0 aromatic carbocycles. The maximum Gasteiger partial charge on any atom is 0.342 e. The first-order valence-electron chi connectivity index (χ1n) is 9.41. The first kappa shape index (κ1) is 21.2. The molecule has 0 bridgehead atoms. The van der Waals surface area contributed by atoms with E-state index in [4.69, 9.17) is 15.2 Å². The Balaban J connectivity index is 2.14. The second-order valence-corrected chi connectivity index (χ2v) is 7.77. The van der Waals surface area contributed by atoms with Crippen LogP contribution in [-0.4, -0.2) is 40.7 Å². The highest BCUT2D eigenvalue weighted by Gasteiger charge is 2.37. The number of fused-ring (bicyclic) bond motifs is 1. The molecule has 32 heavy (non-hydrogen) atoms. The van der Waals surface area contributed by atoms with Gasteiger partial charge in [0, 0.05) is 24.8 Å². The van der Waals surface area contributed by atoms with Crippen molar-refractivity contribution < 1.29 is 19.1 Å². The molecule has 0 aliphatic carbocycles. The number of carbonyl (C=O) groups excluding carboxylic acids is 2. The maximum absolute atomic E-state index is 13.6. The average molecular weight is 450 g/mol. The van der Waals surface area contributed by atoms with Gasteiger partial charge in [-0.2, -0.15) is 0 Å². The maximum atomic E-state index is 13.6. The predicted molar refractivity (Wildman–Crippen MR) is 117 cm³/mol. The van der Waals surface area contributed by atoms with Crippen LogP contribution in [-0.2, 0) is 19.1 Å². The van der Waals surface area contributed by atoms with Gasteiger partial charge in [0.1, 0.15) is 10.2 Å². The Labute approximate surface area is 185 Å². The first-order valence-corrected chi connectivity index (χ1v) is 10.2. The van der Waals surface area contributed by atoms with Crippen LogP contribution in [0.5, 0.6) is 0 Å². The van der Waals surface area contributed by atoms with E-state index in [0.717, 1.165) is 16.9 Å². The van der Waals surface area contributed by atoms with Crippen molar-refractivity contribution >= 4 is 34.9 Å². The lowest BCUT2D eigenvalue weighted by atomic mass is 9.92. The van der Waals surface area contributed by atoms with Gasteiger partial charge < -0.3 is 15.2 Å². The van der Waals surface area contributed by atoms with Gasteiger partial charge in [-0.25, -0.2) is 9.59 Å². The number of carbonyl (C=O) groups is 2. The van der Waals surface area contributed by atoms with Crippen molar-refractivity contribution in [3.05, 3.63) is 91.0 Å². The van der Waals surface area contributed by atoms with E-state index < -0.39 is 18.0 Å². The summed E-state index contributed by atoms with van der Waals surface area (Å²) in [6.45, 7) is 0. The summed E-state index contributed by atoms with van der Waals surface area (Å²) in [6.07, 6.45) is 7.99. The lowest BCUT2D eigenvalue weighted by molar-refractivity contribution is -0.136. The fraction of sp³-hybridized carbons (Fsp3) is 0.136. The number of pyridine rings is 2. The molecule has 0 saturated carbocycles. The fourth-order valence-electron chi connectivity index (χ4n) is 3.53. The number of nitrogens with two attached hydrogens (primary N) is 1. The Morgan fingerprint density at radius 2 is 1.62 bits per heavy atom. The molecule has 0 spiro atoms. The highest BCUT2D eigenvalue weighted by molar-refractivity contribution is 7.07. The molecule has 162 valence electrons. The van der Waals surface area contributed by atoms with Crippen LogP contribution in [0, 0.1) is 0 Å². The summed E-state index contributed by atoms with van der Waals surface area (Å²) in [7, 11) is 2.41. The van der Waals surface area contributed by atoms with Crippen LogP contribution in [0.4, 0.5) is 0 Å². The van der Waals surface area contributed by atoms with Crippen molar-refractivity contribution in [1.29, 1.82) is 0 Å². The van der Waals surface area contributed by atoms with Gasteiger partial charge >= 0.3 is 11.9 Å². The monoisotopic (exact) mass is 450 g/mol. The molecule has 1 aliphatic rings. The largest absolute Gasteiger partial charge is 0.466 e. The molecule has 0 radical (unpaired) electrons. The molecule has 4 heterocycles. The number of thiazole rings is 1. The van der Waals surface area contributed by atoms with Crippen LogP contribution >= 0.6 is 11.3 Å². The van der Waals surface area contributed by atoms with Gasteiger partial charge in [-0.1, -0.05) is 0 Å². The Bertz CT molecular complexity index is 1410. The van der Waals surface area contributed by atoms with E-state index in [9.17, 15) is 14.4 Å². The van der Waals surface area contributed by atoms with E-state index in [1.54, 1.807) is 55.1 Å². The van der Waals surface area contributed by atoms with E-state index in [1.165, 1.54) is 18.8 Å². The van der Waals surface area contributed by atoms with Crippen LogP contribution < -0.4 is 20.5 Å². The second kappa shape index (κ2) is 8.60. The third-order valence-corrected chi connectivity index (χ3v) is 6.09. The number of hydrogen-bond acceptors (Lipinski definition) is 9. The van der Waals surface area contributed by atoms with Crippen molar-refractivity contribution in [2.75, 3.05) is 14.2 Å². The Hall–Kier alpha value is -4.05. The molecule has 3 aromatic heterocycles. The number of ether oxygens (including phenoxy) is 2. The van der Waals surface area contributed by atoms with Crippen molar-refractivity contribution in [2.24, 2.45) is 5.73 Å². The lowest BCUT2D eigenvalue weighted by Crippen LogP contribution is -2.43. The summed E-state index contributed by atoms with van der Waals surface area (Å²) in [5.74, 6) is -1.52. The van der Waals surface area contributed by atoms with Crippen molar-refractivity contribution in [3.63, 3.8) is 0 Å². The fourth-order valence-corrected chi connectivity index (χ4v) is 4.71. The molecule has 0 fully saturated rings. The summed E-state index contributed by atoms with van der Waals surface area (Å²) in [5.41, 5.74) is 7.10. The quantitative estimate of drug-likeness (QED) is 0.544. The van der Waals surface area contributed by atoms with Gasteiger partial charge in [-0.15, -0.1) is 11.3 Å². The zero-order valence-electron chi connectivity index (χ0n) is 17.1. The number of esters is 2.